The van der Waals surface area contributed by atoms with E-state index >= 15 is 0 Å². The van der Waals surface area contributed by atoms with E-state index in [1.54, 1.807) is 0 Å². The number of amides is 1. The molecule has 128 valence electrons. The molecule has 1 aliphatic rings. The fourth-order valence-corrected chi connectivity index (χ4v) is 3.06. The lowest BCUT2D eigenvalue weighted by atomic mass is 10.00. The SMILES string of the molecule is Cc1ccc2nc(CNC(=O)C[C@@H]3CCC[C@H]3N)cn2c1.Cl.Cl. The first-order valence-electron chi connectivity index (χ1n) is 7.58. The fourth-order valence-electron chi connectivity index (χ4n) is 3.06. The summed E-state index contributed by atoms with van der Waals surface area (Å²) >= 11 is 0. The number of pyridine rings is 1. The van der Waals surface area contributed by atoms with Crippen LogP contribution in [0.15, 0.2) is 24.5 Å². The molecule has 0 radical (unpaired) electrons. The lowest BCUT2D eigenvalue weighted by Crippen LogP contribution is -2.31. The number of nitrogens with one attached hydrogen (secondary N) is 1. The number of imidazole rings is 1. The quantitative estimate of drug-likeness (QED) is 0.882. The lowest BCUT2D eigenvalue weighted by Gasteiger charge is -2.14. The first kappa shape index (κ1) is 19.7. The summed E-state index contributed by atoms with van der Waals surface area (Å²) in [6, 6.07) is 4.21. The molecule has 1 amide bonds. The molecule has 1 aliphatic carbocycles. The van der Waals surface area contributed by atoms with E-state index in [-0.39, 0.29) is 36.8 Å². The zero-order valence-corrected chi connectivity index (χ0v) is 14.8. The van der Waals surface area contributed by atoms with Crippen molar-refractivity contribution < 1.29 is 4.79 Å². The van der Waals surface area contributed by atoms with Gasteiger partial charge < -0.3 is 15.5 Å². The molecule has 1 saturated carbocycles. The maximum absolute atomic E-state index is 12.0. The molecule has 0 spiro atoms. The number of rotatable bonds is 4. The van der Waals surface area contributed by atoms with Crippen molar-refractivity contribution >= 4 is 36.4 Å². The Bertz CT molecular complexity index is 659. The molecule has 2 atom stereocenters. The molecule has 7 heteroatoms. The highest BCUT2D eigenvalue weighted by molar-refractivity contribution is 5.85. The van der Waals surface area contributed by atoms with Crippen LogP contribution in [0, 0.1) is 12.8 Å². The topological polar surface area (TPSA) is 72.4 Å². The Morgan fingerprint density at radius 2 is 2.13 bits per heavy atom. The number of carbonyl (C=O) groups excluding carboxylic acids is 1. The van der Waals surface area contributed by atoms with E-state index in [2.05, 4.69) is 10.3 Å². The highest BCUT2D eigenvalue weighted by atomic mass is 35.5. The second-order valence-electron chi connectivity index (χ2n) is 6.04. The molecule has 1 fully saturated rings. The smallest absolute Gasteiger partial charge is 0.220 e. The number of carbonyl (C=O) groups is 1. The Kier molecular flexibility index (Phi) is 7.32. The predicted octanol–water partition coefficient (Wildman–Crippen LogP) is 2.62. The van der Waals surface area contributed by atoms with E-state index < -0.39 is 0 Å². The van der Waals surface area contributed by atoms with Gasteiger partial charge in [-0.2, -0.15) is 0 Å². The summed E-state index contributed by atoms with van der Waals surface area (Å²) in [4.78, 5) is 16.5. The van der Waals surface area contributed by atoms with Crippen LogP contribution in [-0.2, 0) is 11.3 Å². The molecule has 0 unspecified atom stereocenters. The molecular formula is C16H24Cl2N4O. The number of hydrogen-bond acceptors (Lipinski definition) is 3. The van der Waals surface area contributed by atoms with Gasteiger partial charge in [0.2, 0.25) is 5.91 Å². The van der Waals surface area contributed by atoms with Gasteiger partial charge in [-0.1, -0.05) is 12.5 Å². The summed E-state index contributed by atoms with van der Waals surface area (Å²) in [5, 5.41) is 2.95. The zero-order chi connectivity index (χ0) is 14.8. The number of nitrogens with two attached hydrogens (primary N) is 1. The van der Waals surface area contributed by atoms with Gasteiger partial charge >= 0.3 is 0 Å². The molecular weight excluding hydrogens is 335 g/mol. The van der Waals surface area contributed by atoms with Crippen molar-refractivity contribution in [2.45, 2.75) is 45.2 Å². The third-order valence-corrected chi connectivity index (χ3v) is 4.28. The average Bonchev–Trinajstić information content (AvgIpc) is 3.02. The second-order valence-corrected chi connectivity index (χ2v) is 6.04. The minimum absolute atomic E-state index is 0. The Morgan fingerprint density at radius 1 is 1.35 bits per heavy atom. The number of aryl methyl sites for hydroxylation is 1. The minimum atomic E-state index is 0. The number of hydrogen-bond donors (Lipinski definition) is 2. The van der Waals surface area contributed by atoms with Crippen LogP contribution in [0.1, 0.15) is 36.9 Å². The normalized spacial score (nSPS) is 19.9. The van der Waals surface area contributed by atoms with Crippen molar-refractivity contribution in [3.05, 3.63) is 35.8 Å². The van der Waals surface area contributed by atoms with Crippen LogP contribution in [-0.4, -0.2) is 21.3 Å². The van der Waals surface area contributed by atoms with E-state index in [1.807, 2.05) is 35.9 Å². The van der Waals surface area contributed by atoms with Gasteiger partial charge in [0.15, 0.2) is 0 Å². The van der Waals surface area contributed by atoms with Crippen LogP contribution in [0.3, 0.4) is 0 Å². The standard InChI is InChI=1S/C16H22N4O.2ClH/c1-11-5-6-15-19-13(10-20(15)9-11)8-18-16(21)7-12-3-2-4-14(12)17;;/h5-6,9-10,12,14H,2-4,7-8,17H2,1H3,(H,18,21);2*1H/t12-,14+;;/m0../s1. The highest BCUT2D eigenvalue weighted by Crippen LogP contribution is 2.26. The molecule has 0 aromatic carbocycles. The number of aromatic nitrogens is 2. The summed E-state index contributed by atoms with van der Waals surface area (Å²) in [6.07, 6.45) is 7.79. The largest absolute Gasteiger partial charge is 0.350 e. The number of nitrogens with zero attached hydrogens (tertiary/aromatic N) is 2. The maximum atomic E-state index is 12.0. The van der Waals surface area contributed by atoms with Gasteiger partial charge in [0.25, 0.3) is 0 Å². The summed E-state index contributed by atoms with van der Waals surface area (Å²) in [6.45, 7) is 2.52. The van der Waals surface area contributed by atoms with Crippen molar-refractivity contribution in [2.24, 2.45) is 11.7 Å². The summed E-state index contributed by atoms with van der Waals surface area (Å²) in [7, 11) is 0. The van der Waals surface area contributed by atoms with E-state index in [0.717, 1.165) is 30.6 Å². The van der Waals surface area contributed by atoms with Crippen LogP contribution >= 0.6 is 24.8 Å². The monoisotopic (exact) mass is 358 g/mol. The first-order chi connectivity index (χ1) is 10.1. The molecule has 2 aromatic heterocycles. The van der Waals surface area contributed by atoms with Crippen LogP contribution in [0.4, 0.5) is 0 Å². The van der Waals surface area contributed by atoms with Gasteiger partial charge in [-0.3, -0.25) is 4.79 Å². The van der Waals surface area contributed by atoms with E-state index in [1.165, 1.54) is 5.56 Å². The Hall–Kier alpha value is -1.30. The average molecular weight is 359 g/mol. The Balaban J connectivity index is 0.00000132. The minimum Gasteiger partial charge on any atom is -0.350 e. The summed E-state index contributed by atoms with van der Waals surface area (Å²) < 4.78 is 1.99. The molecule has 5 nitrogen and oxygen atoms in total. The van der Waals surface area contributed by atoms with Gasteiger partial charge in [-0.15, -0.1) is 24.8 Å². The summed E-state index contributed by atoms with van der Waals surface area (Å²) in [5.41, 5.74) is 8.97. The van der Waals surface area contributed by atoms with Crippen LogP contribution in [0.5, 0.6) is 0 Å². The van der Waals surface area contributed by atoms with Crippen molar-refractivity contribution in [2.75, 3.05) is 0 Å². The van der Waals surface area contributed by atoms with E-state index in [0.29, 0.717) is 18.9 Å². The van der Waals surface area contributed by atoms with E-state index in [9.17, 15) is 4.79 Å². The van der Waals surface area contributed by atoms with Crippen molar-refractivity contribution in [1.29, 1.82) is 0 Å². The van der Waals surface area contributed by atoms with E-state index in [4.69, 9.17) is 5.73 Å². The third-order valence-electron chi connectivity index (χ3n) is 4.28. The molecule has 2 aromatic rings. The van der Waals surface area contributed by atoms with Gasteiger partial charge in [0, 0.05) is 24.9 Å². The third kappa shape index (κ3) is 4.83. The predicted molar refractivity (Wildman–Crippen MR) is 96.2 cm³/mol. The van der Waals surface area contributed by atoms with Crippen molar-refractivity contribution in [1.82, 2.24) is 14.7 Å². The van der Waals surface area contributed by atoms with Crippen molar-refractivity contribution in [3.8, 4) is 0 Å². The number of fused-ring (bicyclic) bond motifs is 1. The molecule has 2 heterocycles. The fraction of sp³-hybridized carbons (Fsp3) is 0.500. The first-order valence-corrected chi connectivity index (χ1v) is 7.58. The molecule has 3 rings (SSSR count). The maximum Gasteiger partial charge on any atom is 0.220 e. The summed E-state index contributed by atoms with van der Waals surface area (Å²) in [5.74, 6) is 0.416. The van der Waals surface area contributed by atoms with Crippen LogP contribution in [0.25, 0.3) is 5.65 Å². The lowest BCUT2D eigenvalue weighted by molar-refractivity contribution is -0.122. The molecule has 0 bridgehead atoms. The second kappa shape index (κ2) is 8.52. The Labute approximate surface area is 148 Å². The van der Waals surface area contributed by atoms with Crippen LogP contribution < -0.4 is 11.1 Å². The van der Waals surface area contributed by atoms with Gasteiger partial charge in [-0.25, -0.2) is 4.98 Å². The molecule has 0 saturated heterocycles. The van der Waals surface area contributed by atoms with Crippen molar-refractivity contribution in [3.63, 3.8) is 0 Å². The van der Waals surface area contributed by atoms with Gasteiger partial charge in [-0.05, 0) is 37.3 Å². The highest BCUT2D eigenvalue weighted by Gasteiger charge is 2.25. The molecule has 0 aliphatic heterocycles. The number of halogens is 2. The van der Waals surface area contributed by atoms with Crippen LogP contribution in [0.2, 0.25) is 0 Å². The Morgan fingerprint density at radius 3 is 2.83 bits per heavy atom. The molecule has 23 heavy (non-hydrogen) atoms. The zero-order valence-electron chi connectivity index (χ0n) is 13.2. The van der Waals surface area contributed by atoms with Gasteiger partial charge in [0.05, 0.1) is 12.2 Å². The molecule has 3 N–H and O–H groups in total. The van der Waals surface area contributed by atoms with Gasteiger partial charge in [0.1, 0.15) is 5.65 Å².